The number of hydrogen-bond acceptors (Lipinski definition) is 3. The van der Waals surface area contributed by atoms with Gasteiger partial charge >= 0.3 is 12.0 Å². The van der Waals surface area contributed by atoms with E-state index in [1.807, 2.05) is 13.8 Å². The smallest absolute Gasteiger partial charge is 0.335 e. The Hall–Kier alpha value is -1.79. The van der Waals surface area contributed by atoms with Crippen molar-refractivity contribution in [3.63, 3.8) is 0 Å². The lowest BCUT2D eigenvalue weighted by Crippen LogP contribution is -2.42. The van der Waals surface area contributed by atoms with Crippen LogP contribution in [0.25, 0.3) is 0 Å². The molecule has 0 bridgehead atoms. The Morgan fingerprint density at radius 2 is 2.10 bits per heavy atom. The third kappa shape index (κ3) is 4.91. The molecular formula is C14H19ClN2O4. The van der Waals surface area contributed by atoms with Crippen molar-refractivity contribution in [2.45, 2.75) is 19.9 Å². The summed E-state index contributed by atoms with van der Waals surface area (Å²) in [6, 6.07) is 3.77. The topological polar surface area (TPSA) is 78.9 Å². The number of carbonyl (C=O) groups is 2. The fourth-order valence-corrected chi connectivity index (χ4v) is 1.89. The van der Waals surface area contributed by atoms with Gasteiger partial charge in [-0.1, -0.05) is 11.6 Å². The molecule has 1 aromatic carbocycles. The summed E-state index contributed by atoms with van der Waals surface area (Å²) in [7, 11) is 1.56. The Bertz CT molecular complexity index is 520. The number of halogens is 1. The van der Waals surface area contributed by atoms with E-state index in [0.29, 0.717) is 13.2 Å². The summed E-state index contributed by atoms with van der Waals surface area (Å²) in [6.07, 6.45) is 0. The fourth-order valence-electron chi connectivity index (χ4n) is 1.72. The quantitative estimate of drug-likeness (QED) is 0.846. The average Bonchev–Trinajstić information content (AvgIpc) is 2.41. The van der Waals surface area contributed by atoms with Crippen LogP contribution in [0.15, 0.2) is 18.2 Å². The van der Waals surface area contributed by atoms with Gasteiger partial charge in [-0.2, -0.15) is 0 Å². The number of amides is 2. The normalized spacial score (nSPS) is 10.5. The van der Waals surface area contributed by atoms with Crippen molar-refractivity contribution in [3.8, 4) is 0 Å². The van der Waals surface area contributed by atoms with E-state index >= 15 is 0 Å². The molecule has 0 heterocycles. The second kappa shape index (κ2) is 7.85. The summed E-state index contributed by atoms with van der Waals surface area (Å²) in [4.78, 5) is 24.8. The Morgan fingerprint density at radius 3 is 2.62 bits per heavy atom. The molecule has 1 aromatic rings. The number of benzene rings is 1. The zero-order valence-electron chi connectivity index (χ0n) is 12.2. The van der Waals surface area contributed by atoms with Crippen LogP contribution < -0.4 is 5.32 Å². The number of carboxylic acids is 1. The van der Waals surface area contributed by atoms with Gasteiger partial charge in [0.05, 0.1) is 22.9 Å². The minimum Gasteiger partial charge on any atom is -0.478 e. The number of aromatic carboxylic acids is 1. The van der Waals surface area contributed by atoms with E-state index in [9.17, 15) is 9.59 Å². The van der Waals surface area contributed by atoms with Gasteiger partial charge in [0, 0.05) is 19.7 Å². The molecule has 0 atom stereocenters. The maximum Gasteiger partial charge on any atom is 0.335 e. The SMILES string of the molecule is COCCN(C(=O)Nc1cc(C(=O)O)ccc1Cl)C(C)C. The van der Waals surface area contributed by atoms with Crippen LogP contribution >= 0.6 is 11.6 Å². The van der Waals surface area contributed by atoms with Crippen LogP contribution in [0.2, 0.25) is 5.02 Å². The molecule has 0 aliphatic carbocycles. The molecule has 6 nitrogen and oxygen atoms in total. The molecule has 0 aliphatic heterocycles. The van der Waals surface area contributed by atoms with Gasteiger partial charge in [0.2, 0.25) is 0 Å². The number of carbonyl (C=O) groups excluding carboxylic acids is 1. The molecule has 0 spiro atoms. The first-order valence-electron chi connectivity index (χ1n) is 6.46. The predicted molar refractivity (Wildman–Crippen MR) is 81.1 cm³/mol. The van der Waals surface area contributed by atoms with Gasteiger partial charge in [-0.15, -0.1) is 0 Å². The number of carboxylic acid groups (broad SMARTS) is 1. The van der Waals surface area contributed by atoms with E-state index in [1.165, 1.54) is 18.2 Å². The monoisotopic (exact) mass is 314 g/mol. The van der Waals surface area contributed by atoms with Gasteiger partial charge in [-0.05, 0) is 32.0 Å². The van der Waals surface area contributed by atoms with Crippen molar-refractivity contribution < 1.29 is 19.4 Å². The number of urea groups is 1. The first-order valence-corrected chi connectivity index (χ1v) is 6.84. The first kappa shape index (κ1) is 17.3. The summed E-state index contributed by atoms with van der Waals surface area (Å²) in [5, 5.41) is 11.9. The Balaban J connectivity index is 2.90. The van der Waals surface area contributed by atoms with Crippen molar-refractivity contribution >= 4 is 29.3 Å². The third-order valence-corrected chi connectivity index (χ3v) is 3.21. The third-order valence-electron chi connectivity index (χ3n) is 2.88. The van der Waals surface area contributed by atoms with Gasteiger partial charge in [0.25, 0.3) is 0 Å². The van der Waals surface area contributed by atoms with Gasteiger partial charge in [0.1, 0.15) is 0 Å². The summed E-state index contributed by atoms with van der Waals surface area (Å²) in [5.74, 6) is -1.08. The molecule has 2 amide bonds. The number of rotatable bonds is 6. The molecule has 0 radical (unpaired) electrons. The van der Waals surface area contributed by atoms with Gasteiger partial charge in [-0.25, -0.2) is 9.59 Å². The van der Waals surface area contributed by atoms with Crippen molar-refractivity contribution in [1.82, 2.24) is 4.90 Å². The van der Waals surface area contributed by atoms with Crippen LogP contribution in [0.3, 0.4) is 0 Å². The Kier molecular flexibility index (Phi) is 6.45. The summed E-state index contributed by atoms with van der Waals surface area (Å²) in [6.45, 7) is 4.60. The first-order chi connectivity index (χ1) is 9.86. The second-order valence-corrected chi connectivity index (χ2v) is 5.12. The number of nitrogens with one attached hydrogen (secondary N) is 1. The zero-order chi connectivity index (χ0) is 16.0. The summed E-state index contributed by atoms with van der Waals surface area (Å²) < 4.78 is 4.97. The van der Waals surface area contributed by atoms with E-state index in [4.69, 9.17) is 21.4 Å². The lowest BCUT2D eigenvalue weighted by molar-refractivity contribution is 0.0697. The molecule has 0 aliphatic rings. The highest BCUT2D eigenvalue weighted by atomic mass is 35.5. The highest BCUT2D eigenvalue weighted by molar-refractivity contribution is 6.33. The molecule has 2 N–H and O–H groups in total. The van der Waals surface area contributed by atoms with Crippen molar-refractivity contribution in [2.24, 2.45) is 0 Å². The van der Waals surface area contributed by atoms with Crippen molar-refractivity contribution in [1.29, 1.82) is 0 Å². The second-order valence-electron chi connectivity index (χ2n) is 4.71. The highest BCUT2D eigenvalue weighted by Crippen LogP contribution is 2.23. The molecule has 0 aromatic heterocycles. The molecule has 1 rings (SSSR count). The Morgan fingerprint density at radius 1 is 1.43 bits per heavy atom. The number of anilines is 1. The standard InChI is InChI=1S/C14H19ClN2O4/c1-9(2)17(6-7-21-3)14(20)16-12-8-10(13(18)19)4-5-11(12)15/h4-5,8-9H,6-7H2,1-3H3,(H,16,20)(H,18,19). The van der Waals surface area contributed by atoms with Gasteiger partial charge in [-0.3, -0.25) is 0 Å². The van der Waals surface area contributed by atoms with Crippen molar-refractivity contribution in [2.75, 3.05) is 25.6 Å². The minimum atomic E-state index is -1.08. The zero-order valence-corrected chi connectivity index (χ0v) is 13.0. The molecule has 0 saturated carbocycles. The van der Waals surface area contributed by atoms with Crippen LogP contribution in [-0.2, 0) is 4.74 Å². The molecule has 0 saturated heterocycles. The number of methoxy groups -OCH3 is 1. The van der Waals surface area contributed by atoms with Crippen molar-refractivity contribution in [3.05, 3.63) is 28.8 Å². The molecule has 0 unspecified atom stereocenters. The van der Waals surface area contributed by atoms with Crippen LogP contribution in [0.4, 0.5) is 10.5 Å². The summed E-state index contributed by atoms with van der Waals surface area (Å²) >= 11 is 5.98. The number of nitrogens with zero attached hydrogens (tertiary/aromatic N) is 1. The molecule has 7 heteroatoms. The van der Waals surface area contributed by atoms with Crippen LogP contribution in [0.5, 0.6) is 0 Å². The maximum absolute atomic E-state index is 12.2. The molecule has 21 heavy (non-hydrogen) atoms. The van der Waals surface area contributed by atoms with E-state index in [1.54, 1.807) is 12.0 Å². The highest BCUT2D eigenvalue weighted by Gasteiger charge is 2.18. The maximum atomic E-state index is 12.2. The van der Waals surface area contributed by atoms with Gasteiger partial charge in [0.15, 0.2) is 0 Å². The Labute approximate surface area is 128 Å². The van der Waals surface area contributed by atoms with E-state index in [-0.39, 0.29) is 28.3 Å². The molecule has 0 fully saturated rings. The van der Waals surface area contributed by atoms with E-state index in [2.05, 4.69) is 5.32 Å². The van der Waals surface area contributed by atoms with Crippen LogP contribution in [0, 0.1) is 0 Å². The lowest BCUT2D eigenvalue weighted by atomic mass is 10.2. The fraction of sp³-hybridized carbons (Fsp3) is 0.429. The summed E-state index contributed by atoms with van der Waals surface area (Å²) in [5.41, 5.74) is 0.326. The molecule has 116 valence electrons. The van der Waals surface area contributed by atoms with Crippen LogP contribution in [-0.4, -0.2) is 48.3 Å². The number of hydrogen-bond donors (Lipinski definition) is 2. The average molecular weight is 315 g/mol. The van der Waals surface area contributed by atoms with Crippen LogP contribution in [0.1, 0.15) is 24.2 Å². The molecular weight excluding hydrogens is 296 g/mol. The lowest BCUT2D eigenvalue weighted by Gasteiger charge is -2.26. The van der Waals surface area contributed by atoms with E-state index < -0.39 is 5.97 Å². The minimum absolute atomic E-state index is 0.0263. The predicted octanol–water partition coefficient (Wildman–Crippen LogP) is 2.93. The largest absolute Gasteiger partial charge is 0.478 e. The van der Waals surface area contributed by atoms with E-state index in [0.717, 1.165) is 0 Å². The number of ether oxygens (including phenoxy) is 1. The van der Waals surface area contributed by atoms with Gasteiger partial charge < -0.3 is 20.1 Å².